The molecule has 0 aromatic heterocycles. The molecule has 17 heavy (non-hydrogen) atoms. The van der Waals surface area contributed by atoms with Gasteiger partial charge in [-0.2, -0.15) is 0 Å². The van der Waals surface area contributed by atoms with Crippen LogP contribution in [0.2, 0.25) is 0 Å². The zero-order valence-electron chi connectivity index (χ0n) is 10.6. The van der Waals surface area contributed by atoms with Gasteiger partial charge in [-0.1, -0.05) is 41.5 Å². The summed E-state index contributed by atoms with van der Waals surface area (Å²) in [5.74, 6) is 1.05. The molecule has 0 saturated heterocycles. The molecule has 2 bridgehead atoms. The number of hydrogen-bond donors (Lipinski definition) is 0. The largest absolute Gasteiger partial charge is 0.0707 e. The number of benzene rings is 1. The Balaban J connectivity index is 1.41. The quantitative estimate of drug-likeness (QED) is 0.495. The Hall–Kier alpha value is -1.04. The Kier molecular flexibility index (Phi) is 3.31. The Morgan fingerprint density at radius 2 is 1.76 bits per heavy atom. The van der Waals surface area contributed by atoms with E-state index < -0.39 is 0 Å². The smallest absolute Gasteiger partial charge is 0.0279 e. The molecule has 2 aliphatic rings. The van der Waals surface area contributed by atoms with Crippen LogP contribution in [0.1, 0.15) is 50.5 Å². The van der Waals surface area contributed by atoms with E-state index in [-0.39, 0.29) is 0 Å². The van der Waals surface area contributed by atoms with Crippen molar-refractivity contribution in [2.45, 2.75) is 51.4 Å². The van der Waals surface area contributed by atoms with E-state index in [9.17, 15) is 0 Å². The van der Waals surface area contributed by atoms with Gasteiger partial charge in [-0.3, -0.25) is 0 Å². The van der Waals surface area contributed by atoms with Crippen molar-refractivity contribution in [3.63, 3.8) is 0 Å². The molecule has 2 aliphatic carbocycles. The summed E-state index contributed by atoms with van der Waals surface area (Å²) in [6, 6.07) is 10.9. The summed E-state index contributed by atoms with van der Waals surface area (Å²) >= 11 is 0. The minimum atomic E-state index is 1.05. The van der Waals surface area contributed by atoms with Crippen molar-refractivity contribution in [3.8, 4) is 0 Å². The van der Waals surface area contributed by atoms with E-state index in [2.05, 4.69) is 30.3 Å². The van der Waals surface area contributed by atoms with Crippen LogP contribution in [-0.4, -0.2) is 0 Å². The summed E-state index contributed by atoms with van der Waals surface area (Å²) in [5.41, 5.74) is 5.18. The van der Waals surface area contributed by atoms with Gasteiger partial charge in [0.1, 0.15) is 0 Å². The lowest BCUT2D eigenvalue weighted by Gasteiger charge is -2.11. The zero-order valence-corrected chi connectivity index (χ0v) is 10.6. The molecule has 0 aliphatic heterocycles. The van der Waals surface area contributed by atoms with Crippen molar-refractivity contribution in [2.75, 3.05) is 0 Å². The average Bonchev–Trinajstić information content (AvgIpc) is 2.98. The summed E-state index contributed by atoms with van der Waals surface area (Å²) in [6.45, 7) is 0. The molecule has 0 amide bonds. The number of allylic oxidation sites excluding steroid dienone is 2. The molecular formula is C17H22. The Labute approximate surface area is 105 Å². The molecule has 0 heteroatoms. The lowest BCUT2D eigenvalue weighted by Crippen LogP contribution is -1.95. The summed E-state index contributed by atoms with van der Waals surface area (Å²) in [7, 11) is 0. The van der Waals surface area contributed by atoms with Gasteiger partial charge in [0.2, 0.25) is 0 Å². The number of rotatable bonds is 5. The predicted octanol–water partition coefficient (Wildman–Crippen LogP) is 4.90. The first-order valence-corrected chi connectivity index (χ1v) is 7.15. The third-order valence-corrected chi connectivity index (χ3v) is 4.46. The molecule has 0 nitrogen and oxygen atoms in total. The van der Waals surface area contributed by atoms with Gasteiger partial charge in [0, 0.05) is 0 Å². The third-order valence-electron chi connectivity index (χ3n) is 4.46. The van der Waals surface area contributed by atoms with Crippen LogP contribution < -0.4 is 0 Å². The van der Waals surface area contributed by atoms with Crippen LogP contribution in [-0.2, 0) is 6.42 Å². The Morgan fingerprint density at radius 3 is 2.47 bits per heavy atom. The van der Waals surface area contributed by atoms with Crippen LogP contribution >= 0.6 is 0 Å². The van der Waals surface area contributed by atoms with Crippen molar-refractivity contribution in [1.82, 2.24) is 0 Å². The molecular weight excluding hydrogens is 204 g/mol. The van der Waals surface area contributed by atoms with Crippen molar-refractivity contribution in [3.05, 3.63) is 47.0 Å². The maximum atomic E-state index is 2.25. The number of hydrogen-bond acceptors (Lipinski definition) is 0. The van der Waals surface area contributed by atoms with Gasteiger partial charge in [0.05, 0.1) is 0 Å². The van der Waals surface area contributed by atoms with Gasteiger partial charge >= 0.3 is 0 Å². The summed E-state index contributed by atoms with van der Waals surface area (Å²) in [4.78, 5) is 0. The molecule has 3 rings (SSSR count). The van der Waals surface area contributed by atoms with Crippen LogP contribution in [0.25, 0.3) is 0 Å². The summed E-state index contributed by atoms with van der Waals surface area (Å²) in [6.07, 6.45) is 11.2. The van der Waals surface area contributed by atoms with Crippen LogP contribution in [0.3, 0.4) is 0 Å². The maximum Gasteiger partial charge on any atom is -0.0279 e. The van der Waals surface area contributed by atoms with Crippen molar-refractivity contribution in [2.24, 2.45) is 5.92 Å². The molecule has 0 heterocycles. The van der Waals surface area contributed by atoms with Crippen molar-refractivity contribution >= 4 is 0 Å². The maximum absolute atomic E-state index is 2.25. The molecule has 0 spiro atoms. The van der Waals surface area contributed by atoms with Crippen molar-refractivity contribution in [1.29, 1.82) is 0 Å². The van der Waals surface area contributed by atoms with E-state index >= 15 is 0 Å². The molecule has 1 unspecified atom stereocenters. The zero-order chi connectivity index (χ0) is 11.5. The van der Waals surface area contributed by atoms with E-state index in [0.29, 0.717) is 0 Å². The van der Waals surface area contributed by atoms with E-state index in [4.69, 9.17) is 0 Å². The van der Waals surface area contributed by atoms with Gasteiger partial charge < -0.3 is 0 Å². The van der Waals surface area contributed by atoms with Crippen LogP contribution in [0.4, 0.5) is 0 Å². The topological polar surface area (TPSA) is 0 Å². The van der Waals surface area contributed by atoms with E-state index in [0.717, 1.165) is 5.92 Å². The first kappa shape index (κ1) is 11.1. The van der Waals surface area contributed by atoms with Crippen molar-refractivity contribution < 1.29 is 0 Å². The SMILES string of the molecule is c1ccc(CCCCC2=C3CCC(C2)C3)cc1. The van der Waals surface area contributed by atoms with Gasteiger partial charge in [0.15, 0.2) is 0 Å². The van der Waals surface area contributed by atoms with Gasteiger partial charge in [-0.05, 0) is 62.8 Å². The molecule has 1 aromatic rings. The first-order valence-electron chi connectivity index (χ1n) is 7.15. The molecule has 1 aromatic carbocycles. The number of aryl methyl sites for hydroxylation is 1. The number of unbranched alkanes of at least 4 members (excludes halogenated alkanes) is 1. The van der Waals surface area contributed by atoms with Crippen LogP contribution in [0.5, 0.6) is 0 Å². The highest BCUT2D eigenvalue weighted by Gasteiger charge is 2.29. The standard InChI is InChI=1S/C17H22/c1-2-6-14(7-3-1)8-4-5-9-16-12-15-10-11-17(16)13-15/h1-3,6-7,15H,4-5,8-13H2. The minimum absolute atomic E-state index is 1.05. The molecule has 90 valence electrons. The molecule has 1 fully saturated rings. The second kappa shape index (κ2) is 5.08. The van der Waals surface area contributed by atoms with E-state index in [1.165, 1.54) is 56.9 Å². The molecule has 1 saturated carbocycles. The fourth-order valence-corrected chi connectivity index (χ4v) is 3.51. The number of fused-ring (bicyclic) bond motifs is 2. The van der Waals surface area contributed by atoms with Gasteiger partial charge in [-0.15, -0.1) is 0 Å². The molecule has 0 radical (unpaired) electrons. The minimum Gasteiger partial charge on any atom is -0.0707 e. The monoisotopic (exact) mass is 226 g/mol. The van der Waals surface area contributed by atoms with E-state index in [1.807, 2.05) is 11.1 Å². The highest BCUT2D eigenvalue weighted by Crippen LogP contribution is 2.45. The molecule has 1 atom stereocenters. The van der Waals surface area contributed by atoms with Crippen LogP contribution in [0.15, 0.2) is 41.5 Å². The molecule has 0 N–H and O–H groups in total. The second-order valence-electron chi connectivity index (χ2n) is 5.71. The summed E-state index contributed by atoms with van der Waals surface area (Å²) in [5, 5.41) is 0. The average molecular weight is 226 g/mol. The van der Waals surface area contributed by atoms with Crippen LogP contribution in [0, 0.1) is 5.92 Å². The normalized spacial score (nSPS) is 22.5. The fourth-order valence-electron chi connectivity index (χ4n) is 3.51. The third kappa shape index (κ3) is 2.62. The first-order chi connectivity index (χ1) is 8.42. The lowest BCUT2D eigenvalue weighted by molar-refractivity contribution is 0.548. The van der Waals surface area contributed by atoms with E-state index in [1.54, 1.807) is 0 Å². The Morgan fingerprint density at radius 1 is 0.941 bits per heavy atom. The highest BCUT2D eigenvalue weighted by molar-refractivity contribution is 5.25. The summed E-state index contributed by atoms with van der Waals surface area (Å²) < 4.78 is 0. The van der Waals surface area contributed by atoms with Gasteiger partial charge in [-0.25, -0.2) is 0 Å². The second-order valence-corrected chi connectivity index (χ2v) is 5.71. The Bertz CT molecular complexity index is 399. The van der Waals surface area contributed by atoms with Gasteiger partial charge in [0.25, 0.3) is 0 Å². The predicted molar refractivity (Wildman–Crippen MR) is 73.0 cm³/mol. The highest BCUT2D eigenvalue weighted by atomic mass is 14.3. The fraction of sp³-hybridized carbons (Fsp3) is 0.529. The lowest BCUT2D eigenvalue weighted by atomic mass is 9.94.